The number of carbonyl (C=O) groups is 1. The fourth-order valence-electron chi connectivity index (χ4n) is 3.27. The van der Waals surface area contributed by atoms with Crippen molar-refractivity contribution in [1.29, 1.82) is 0 Å². The highest BCUT2D eigenvalue weighted by molar-refractivity contribution is 5.77. The monoisotopic (exact) mass is 334 g/mol. The maximum absolute atomic E-state index is 12.2. The highest BCUT2D eigenvalue weighted by Crippen LogP contribution is 2.35. The van der Waals surface area contributed by atoms with Crippen LogP contribution in [0, 0.1) is 0 Å². The second-order valence-corrected chi connectivity index (χ2v) is 6.17. The molecule has 1 aromatic carbocycles. The molecule has 1 aliphatic carbocycles. The summed E-state index contributed by atoms with van der Waals surface area (Å²) in [6.45, 7) is 0.237. The van der Waals surface area contributed by atoms with Crippen LogP contribution in [0.25, 0.3) is 11.4 Å². The lowest BCUT2D eigenvalue weighted by atomic mass is 9.97. The van der Waals surface area contributed by atoms with E-state index in [1.165, 1.54) is 11.1 Å². The van der Waals surface area contributed by atoms with Gasteiger partial charge in [0.05, 0.1) is 6.54 Å². The number of amides is 1. The average Bonchev–Trinajstić information content (AvgIpc) is 3.28. The molecule has 6 nitrogen and oxygen atoms in total. The Balaban J connectivity index is 1.33. The number of aromatic nitrogens is 3. The van der Waals surface area contributed by atoms with Crippen molar-refractivity contribution in [3.05, 3.63) is 65.8 Å². The number of rotatable bonds is 5. The highest BCUT2D eigenvalue weighted by atomic mass is 16.5. The summed E-state index contributed by atoms with van der Waals surface area (Å²) in [7, 11) is 0. The number of hydrogen-bond acceptors (Lipinski definition) is 5. The van der Waals surface area contributed by atoms with Crippen LogP contribution in [0.15, 0.2) is 53.3 Å². The molecule has 2 aromatic heterocycles. The molecule has 0 bridgehead atoms. The number of aryl methyl sites for hydroxylation is 1. The summed E-state index contributed by atoms with van der Waals surface area (Å²) in [5.41, 5.74) is 3.44. The standard InChI is InChI=1S/C19H18N4O2/c24-17(10-14-8-7-13-4-1-2-6-16(13)14)21-12-18-22-19(23-25-18)15-5-3-9-20-11-15/h1-6,9,11,14H,7-8,10,12H2,(H,21,24)/t14-/m0/s1. The third-order valence-corrected chi connectivity index (χ3v) is 4.51. The number of hydrogen-bond donors (Lipinski definition) is 1. The van der Waals surface area contributed by atoms with Crippen LogP contribution in [0.1, 0.15) is 35.8 Å². The first-order chi connectivity index (χ1) is 12.3. The topological polar surface area (TPSA) is 80.9 Å². The van der Waals surface area contributed by atoms with Crippen molar-refractivity contribution in [2.45, 2.75) is 31.7 Å². The molecule has 2 heterocycles. The molecule has 0 saturated heterocycles. The number of benzene rings is 1. The molecule has 4 rings (SSSR count). The molecule has 1 N–H and O–H groups in total. The molecule has 1 atom stereocenters. The van der Waals surface area contributed by atoms with Gasteiger partial charge in [-0.15, -0.1) is 0 Å². The number of carbonyl (C=O) groups excluding carboxylic acids is 1. The fraction of sp³-hybridized carbons (Fsp3) is 0.263. The molecule has 6 heteroatoms. The summed E-state index contributed by atoms with van der Waals surface area (Å²) in [6, 6.07) is 12.0. The second-order valence-electron chi connectivity index (χ2n) is 6.17. The minimum Gasteiger partial charge on any atom is -0.347 e. The zero-order valence-electron chi connectivity index (χ0n) is 13.7. The van der Waals surface area contributed by atoms with Gasteiger partial charge in [-0.1, -0.05) is 29.4 Å². The Labute approximate surface area is 145 Å². The van der Waals surface area contributed by atoms with Crippen molar-refractivity contribution in [2.75, 3.05) is 0 Å². The predicted molar refractivity (Wildman–Crippen MR) is 91.5 cm³/mol. The maximum Gasteiger partial charge on any atom is 0.246 e. The van der Waals surface area contributed by atoms with Crippen molar-refractivity contribution in [2.24, 2.45) is 0 Å². The Hall–Kier alpha value is -3.02. The third kappa shape index (κ3) is 3.42. The summed E-state index contributed by atoms with van der Waals surface area (Å²) in [6.07, 6.45) is 5.92. The van der Waals surface area contributed by atoms with E-state index in [0.717, 1.165) is 18.4 Å². The Morgan fingerprint density at radius 3 is 3.04 bits per heavy atom. The van der Waals surface area contributed by atoms with Gasteiger partial charge in [-0.3, -0.25) is 9.78 Å². The molecule has 1 amide bonds. The fourth-order valence-corrected chi connectivity index (χ4v) is 3.27. The Kier molecular flexibility index (Phi) is 4.24. The molecule has 0 aliphatic heterocycles. The van der Waals surface area contributed by atoms with Crippen LogP contribution in [0.2, 0.25) is 0 Å². The minimum atomic E-state index is 0.00262. The summed E-state index contributed by atoms with van der Waals surface area (Å²) in [5.74, 6) is 1.16. The van der Waals surface area contributed by atoms with E-state index in [2.05, 4.69) is 38.6 Å². The van der Waals surface area contributed by atoms with Gasteiger partial charge in [-0.25, -0.2) is 0 Å². The van der Waals surface area contributed by atoms with Crippen molar-refractivity contribution in [1.82, 2.24) is 20.4 Å². The Morgan fingerprint density at radius 1 is 1.24 bits per heavy atom. The third-order valence-electron chi connectivity index (χ3n) is 4.51. The number of pyridine rings is 1. The van der Waals surface area contributed by atoms with Crippen LogP contribution < -0.4 is 5.32 Å². The van der Waals surface area contributed by atoms with Crippen molar-refractivity contribution < 1.29 is 9.32 Å². The molecule has 0 radical (unpaired) electrons. The second kappa shape index (κ2) is 6.84. The van der Waals surface area contributed by atoms with Gasteiger partial charge in [0.1, 0.15) is 0 Å². The van der Waals surface area contributed by atoms with E-state index in [-0.39, 0.29) is 12.5 Å². The van der Waals surface area contributed by atoms with Crippen molar-refractivity contribution >= 4 is 5.91 Å². The van der Waals surface area contributed by atoms with Crippen LogP contribution in [0.3, 0.4) is 0 Å². The minimum absolute atomic E-state index is 0.00262. The van der Waals surface area contributed by atoms with Crippen LogP contribution in [0.4, 0.5) is 0 Å². The van der Waals surface area contributed by atoms with E-state index in [9.17, 15) is 4.79 Å². The van der Waals surface area contributed by atoms with Gasteiger partial charge in [0, 0.05) is 24.4 Å². The van der Waals surface area contributed by atoms with Gasteiger partial charge < -0.3 is 9.84 Å². The molecule has 126 valence electrons. The predicted octanol–water partition coefficient (Wildman–Crippen LogP) is 2.87. The van der Waals surface area contributed by atoms with Crippen LogP contribution >= 0.6 is 0 Å². The number of nitrogens with one attached hydrogen (secondary N) is 1. The van der Waals surface area contributed by atoms with Gasteiger partial charge in [0.15, 0.2) is 0 Å². The summed E-state index contributed by atoms with van der Waals surface area (Å²) >= 11 is 0. The lowest BCUT2D eigenvalue weighted by Gasteiger charge is -2.10. The zero-order valence-corrected chi connectivity index (χ0v) is 13.7. The smallest absolute Gasteiger partial charge is 0.246 e. The maximum atomic E-state index is 12.2. The normalized spacial score (nSPS) is 15.8. The molecule has 0 fully saturated rings. The van der Waals surface area contributed by atoms with E-state index in [1.807, 2.05) is 18.2 Å². The molecule has 0 unspecified atom stereocenters. The van der Waals surface area contributed by atoms with Gasteiger partial charge in [-0.2, -0.15) is 4.98 Å². The lowest BCUT2D eigenvalue weighted by Crippen LogP contribution is -2.24. The van der Waals surface area contributed by atoms with Crippen LogP contribution in [0.5, 0.6) is 0 Å². The molecule has 0 spiro atoms. The molecule has 0 saturated carbocycles. The van der Waals surface area contributed by atoms with Crippen molar-refractivity contribution in [3.63, 3.8) is 0 Å². The van der Waals surface area contributed by atoms with E-state index in [4.69, 9.17) is 4.52 Å². The SMILES string of the molecule is O=C(C[C@@H]1CCc2ccccc21)NCc1nc(-c2cccnc2)no1. The van der Waals surface area contributed by atoms with E-state index in [0.29, 0.717) is 24.1 Å². The molecular weight excluding hydrogens is 316 g/mol. The first-order valence-electron chi connectivity index (χ1n) is 8.37. The molecule has 3 aromatic rings. The zero-order chi connectivity index (χ0) is 17.1. The molecule has 1 aliphatic rings. The molecular formula is C19H18N4O2. The molecule has 25 heavy (non-hydrogen) atoms. The number of nitrogens with zero attached hydrogens (tertiary/aromatic N) is 3. The van der Waals surface area contributed by atoms with Gasteiger partial charge in [0.25, 0.3) is 0 Å². The van der Waals surface area contributed by atoms with Crippen molar-refractivity contribution in [3.8, 4) is 11.4 Å². The van der Waals surface area contributed by atoms with Gasteiger partial charge in [0.2, 0.25) is 17.6 Å². The van der Waals surface area contributed by atoms with Crippen LogP contribution in [-0.4, -0.2) is 21.0 Å². The first-order valence-corrected chi connectivity index (χ1v) is 8.37. The summed E-state index contributed by atoms with van der Waals surface area (Å²) < 4.78 is 5.19. The largest absolute Gasteiger partial charge is 0.347 e. The van der Waals surface area contributed by atoms with E-state index >= 15 is 0 Å². The van der Waals surface area contributed by atoms with Gasteiger partial charge in [-0.05, 0) is 42.0 Å². The summed E-state index contributed by atoms with van der Waals surface area (Å²) in [4.78, 5) is 20.6. The van der Waals surface area contributed by atoms with E-state index < -0.39 is 0 Å². The first kappa shape index (κ1) is 15.5. The highest BCUT2D eigenvalue weighted by Gasteiger charge is 2.24. The Bertz CT molecular complexity index is 876. The number of fused-ring (bicyclic) bond motifs is 1. The average molecular weight is 334 g/mol. The van der Waals surface area contributed by atoms with E-state index in [1.54, 1.807) is 12.4 Å². The van der Waals surface area contributed by atoms with Crippen LogP contribution in [-0.2, 0) is 17.8 Å². The van der Waals surface area contributed by atoms with Gasteiger partial charge >= 0.3 is 0 Å². The lowest BCUT2D eigenvalue weighted by molar-refractivity contribution is -0.121. The quantitative estimate of drug-likeness (QED) is 0.776. The Morgan fingerprint density at radius 2 is 2.16 bits per heavy atom. The summed E-state index contributed by atoms with van der Waals surface area (Å²) in [5, 5.41) is 6.79.